The molecule has 0 aliphatic carbocycles. The molecule has 1 amide bonds. The quantitative estimate of drug-likeness (QED) is 0.897. The van der Waals surface area contributed by atoms with Crippen molar-refractivity contribution in [3.05, 3.63) is 34.3 Å². The number of carbonyl (C=O) groups excluding carboxylic acids is 1. The van der Waals surface area contributed by atoms with Crippen molar-refractivity contribution in [2.24, 2.45) is 5.92 Å². The van der Waals surface area contributed by atoms with E-state index < -0.39 is 0 Å². The zero-order valence-corrected chi connectivity index (χ0v) is 11.9. The third kappa shape index (κ3) is 3.87. The number of carbonyl (C=O) groups is 1. The third-order valence-electron chi connectivity index (χ3n) is 3.13. The Bertz CT molecular complexity index is 417. The summed E-state index contributed by atoms with van der Waals surface area (Å²) in [7, 11) is 0. The average Bonchev–Trinajstić information content (AvgIpc) is 2.82. The van der Waals surface area contributed by atoms with Gasteiger partial charge in [-0.05, 0) is 56.1 Å². The fourth-order valence-electron chi connectivity index (χ4n) is 2.01. The van der Waals surface area contributed by atoms with Gasteiger partial charge < -0.3 is 10.6 Å². The fraction of sp³-hybridized carbons (Fsp3) is 0.462. The van der Waals surface area contributed by atoms with E-state index in [1.165, 1.54) is 0 Å². The zero-order valence-electron chi connectivity index (χ0n) is 10.3. The van der Waals surface area contributed by atoms with E-state index in [0.29, 0.717) is 16.5 Å². The summed E-state index contributed by atoms with van der Waals surface area (Å²) < 4.78 is 0. The van der Waals surface area contributed by atoms with Gasteiger partial charge >= 0.3 is 0 Å². The largest absolute Gasteiger partial charge is 0.352 e. The Morgan fingerprint density at radius 3 is 2.94 bits per heavy atom. The van der Waals surface area contributed by atoms with E-state index in [9.17, 15) is 4.79 Å². The molecule has 1 unspecified atom stereocenters. The van der Waals surface area contributed by atoms with Gasteiger partial charge in [0, 0.05) is 17.1 Å². The summed E-state index contributed by atoms with van der Waals surface area (Å²) >= 11 is 5.93. The first-order valence-corrected chi connectivity index (χ1v) is 6.29. The van der Waals surface area contributed by atoms with E-state index in [4.69, 9.17) is 11.6 Å². The van der Waals surface area contributed by atoms with Crippen LogP contribution in [-0.4, -0.2) is 25.5 Å². The van der Waals surface area contributed by atoms with Crippen molar-refractivity contribution >= 4 is 29.9 Å². The minimum Gasteiger partial charge on any atom is -0.352 e. The Hall–Kier alpha value is -0.770. The number of nitrogens with one attached hydrogen (secondary N) is 2. The molecule has 1 aromatic carbocycles. The van der Waals surface area contributed by atoms with Gasteiger partial charge in [0.25, 0.3) is 5.91 Å². The lowest BCUT2D eigenvalue weighted by molar-refractivity contribution is 0.0948. The predicted molar refractivity (Wildman–Crippen MR) is 76.7 cm³/mol. The molecule has 1 aliphatic rings. The van der Waals surface area contributed by atoms with Gasteiger partial charge in [-0.25, -0.2) is 0 Å². The number of hydrogen-bond donors (Lipinski definition) is 2. The van der Waals surface area contributed by atoms with Gasteiger partial charge in [0.2, 0.25) is 0 Å². The van der Waals surface area contributed by atoms with Crippen molar-refractivity contribution in [3.63, 3.8) is 0 Å². The van der Waals surface area contributed by atoms with Gasteiger partial charge in [-0.3, -0.25) is 4.79 Å². The fourth-order valence-corrected chi connectivity index (χ4v) is 2.13. The number of amides is 1. The molecule has 1 atom stereocenters. The van der Waals surface area contributed by atoms with Crippen LogP contribution in [0.3, 0.4) is 0 Å². The van der Waals surface area contributed by atoms with Crippen LogP contribution in [0.2, 0.25) is 5.02 Å². The van der Waals surface area contributed by atoms with Crippen molar-refractivity contribution < 1.29 is 4.79 Å². The predicted octanol–water partition coefficient (Wildman–Crippen LogP) is 2.41. The molecule has 0 saturated carbocycles. The Morgan fingerprint density at radius 2 is 2.33 bits per heavy atom. The van der Waals surface area contributed by atoms with E-state index in [1.54, 1.807) is 12.1 Å². The Labute approximate surface area is 119 Å². The van der Waals surface area contributed by atoms with Crippen LogP contribution < -0.4 is 10.6 Å². The molecular formula is C13H18Cl2N2O. The highest BCUT2D eigenvalue weighted by molar-refractivity contribution is 6.31. The maximum absolute atomic E-state index is 11.9. The summed E-state index contributed by atoms with van der Waals surface area (Å²) in [5.74, 6) is 0.545. The van der Waals surface area contributed by atoms with Crippen LogP contribution in [0.4, 0.5) is 0 Å². The molecule has 0 spiro atoms. The minimum atomic E-state index is -0.0170. The maximum Gasteiger partial charge on any atom is 0.251 e. The molecule has 1 fully saturated rings. The van der Waals surface area contributed by atoms with Crippen molar-refractivity contribution in [1.82, 2.24) is 10.6 Å². The lowest BCUT2D eigenvalue weighted by Crippen LogP contribution is -2.30. The molecule has 0 bridgehead atoms. The second kappa shape index (κ2) is 6.98. The molecule has 3 nitrogen and oxygen atoms in total. The minimum absolute atomic E-state index is 0. The molecule has 0 radical (unpaired) electrons. The summed E-state index contributed by atoms with van der Waals surface area (Å²) in [5, 5.41) is 6.95. The van der Waals surface area contributed by atoms with Crippen LogP contribution >= 0.6 is 24.0 Å². The van der Waals surface area contributed by atoms with E-state index in [2.05, 4.69) is 10.6 Å². The van der Waals surface area contributed by atoms with Gasteiger partial charge in [-0.15, -0.1) is 12.4 Å². The summed E-state index contributed by atoms with van der Waals surface area (Å²) in [4.78, 5) is 11.9. The second-order valence-electron chi connectivity index (χ2n) is 4.53. The third-order valence-corrected chi connectivity index (χ3v) is 3.56. The Morgan fingerprint density at radius 1 is 1.56 bits per heavy atom. The van der Waals surface area contributed by atoms with E-state index in [1.807, 2.05) is 13.0 Å². The average molecular weight is 289 g/mol. The van der Waals surface area contributed by atoms with Gasteiger partial charge in [0.05, 0.1) is 0 Å². The van der Waals surface area contributed by atoms with Crippen molar-refractivity contribution in [2.75, 3.05) is 19.6 Å². The van der Waals surface area contributed by atoms with Gasteiger partial charge in [-0.2, -0.15) is 0 Å². The molecular weight excluding hydrogens is 271 g/mol. The smallest absolute Gasteiger partial charge is 0.251 e. The number of aryl methyl sites for hydroxylation is 1. The molecule has 1 aromatic rings. The lowest BCUT2D eigenvalue weighted by atomic mass is 10.1. The highest BCUT2D eigenvalue weighted by Gasteiger charge is 2.15. The maximum atomic E-state index is 11.9. The topological polar surface area (TPSA) is 41.1 Å². The molecule has 0 aromatic heterocycles. The summed E-state index contributed by atoms with van der Waals surface area (Å²) in [6, 6.07) is 5.35. The highest BCUT2D eigenvalue weighted by atomic mass is 35.5. The molecule has 1 saturated heterocycles. The zero-order chi connectivity index (χ0) is 12.3. The molecule has 5 heteroatoms. The molecule has 1 heterocycles. The first-order chi connectivity index (χ1) is 8.16. The first kappa shape index (κ1) is 15.3. The van der Waals surface area contributed by atoms with Crippen LogP contribution in [0, 0.1) is 12.8 Å². The van der Waals surface area contributed by atoms with E-state index in [-0.39, 0.29) is 18.3 Å². The second-order valence-corrected chi connectivity index (χ2v) is 4.94. The van der Waals surface area contributed by atoms with Gasteiger partial charge in [0.1, 0.15) is 0 Å². The Balaban J connectivity index is 0.00000162. The van der Waals surface area contributed by atoms with Crippen molar-refractivity contribution in [3.8, 4) is 0 Å². The van der Waals surface area contributed by atoms with Crippen LogP contribution in [0.1, 0.15) is 22.3 Å². The SMILES string of the molecule is Cc1cc(C(=O)NCC2CCNC2)ccc1Cl.Cl. The first-order valence-electron chi connectivity index (χ1n) is 5.92. The molecule has 18 heavy (non-hydrogen) atoms. The number of benzene rings is 1. The Kier molecular flexibility index (Phi) is 5.93. The van der Waals surface area contributed by atoms with Crippen LogP contribution in [-0.2, 0) is 0 Å². The summed E-state index contributed by atoms with van der Waals surface area (Å²) in [6.45, 7) is 4.70. The summed E-state index contributed by atoms with van der Waals surface area (Å²) in [5.41, 5.74) is 1.61. The van der Waals surface area contributed by atoms with Gasteiger partial charge in [-0.1, -0.05) is 11.6 Å². The van der Waals surface area contributed by atoms with Crippen LogP contribution in [0.15, 0.2) is 18.2 Å². The van der Waals surface area contributed by atoms with Gasteiger partial charge in [0.15, 0.2) is 0 Å². The molecule has 2 rings (SSSR count). The normalized spacial score (nSPS) is 18.2. The van der Waals surface area contributed by atoms with Crippen molar-refractivity contribution in [2.45, 2.75) is 13.3 Å². The molecule has 1 aliphatic heterocycles. The molecule has 2 N–H and O–H groups in total. The summed E-state index contributed by atoms with van der Waals surface area (Å²) in [6.07, 6.45) is 1.14. The van der Waals surface area contributed by atoms with E-state index >= 15 is 0 Å². The molecule has 100 valence electrons. The van der Waals surface area contributed by atoms with Crippen molar-refractivity contribution in [1.29, 1.82) is 0 Å². The van der Waals surface area contributed by atoms with E-state index in [0.717, 1.165) is 31.6 Å². The lowest BCUT2D eigenvalue weighted by Gasteiger charge is -2.10. The van der Waals surface area contributed by atoms with Crippen LogP contribution in [0.25, 0.3) is 0 Å². The standard InChI is InChI=1S/C13H17ClN2O.ClH/c1-9-6-11(2-3-12(9)14)13(17)16-8-10-4-5-15-7-10;/h2-3,6,10,15H,4-5,7-8H2,1H3,(H,16,17);1H. The van der Waals surface area contributed by atoms with Crippen LogP contribution in [0.5, 0.6) is 0 Å². The number of rotatable bonds is 3. The highest BCUT2D eigenvalue weighted by Crippen LogP contribution is 2.16. The number of hydrogen-bond acceptors (Lipinski definition) is 2. The number of halogens is 2. The monoisotopic (exact) mass is 288 g/mol.